The summed E-state index contributed by atoms with van der Waals surface area (Å²) in [5, 5.41) is 11.5. The number of hydrogen-bond acceptors (Lipinski definition) is 5. The maximum absolute atomic E-state index is 8.55. The van der Waals surface area contributed by atoms with Crippen molar-refractivity contribution >= 4 is 11.7 Å². The molecule has 1 aromatic rings. The minimum atomic E-state index is 0.0840. The standard InChI is InChI=1S/C11H19N5O/c1-7-6-13-9(3)11(14-7)16(4)8(2)5-10(12)15-17/h6,8,17H,5H2,1-4H3,(H2,12,15). The summed E-state index contributed by atoms with van der Waals surface area (Å²) in [4.78, 5) is 10.7. The average Bonchev–Trinajstić information content (AvgIpc) is 2.31. The zero-order valence-corrected chi connectivity index (χ0v) is 10.7. The second-order valence-corrected chi connectivity index (χ2v) is 4.18. The number of anilines is 1. The van der Waals surface area contributed by atoms with Crippen molar-refractivity contribution in [2.75, 3.05) is 11.9 Å². The van der Waals surface area contributed by atoms with Crippen molar-refractivity contribution in [2.24, 2.45) is 10.9 Å². The Balaban J connectivity index is 2.88. The molecule has 0 radical (unpaired) electrons. The Morgan fingerprint density at radius 3 is 2.82 bits per heavy atom. The fourth-order valence-corrected chi connectivity index (χ4v) is 1.55. The van der Waals surface area contributed by atoms with Crippen LogP contribution >= 0.6 is 0 Å². The normalized spacial score (nSPS) is 13.5. The van der Waals surface area contributed by atoms with Crippen LogP contribution in [0.3, 0.4) is 0 Å². The molecule has 0 amide bonds. The van der Waals surface area contributed by atoms with Gasteiger partial charge < -0.3 is 15.8 Å². The highest BCUT2D eigenvalue weighted by atomic mass is 16.4. The van der Waals surface area contributed by atoms with Crippen LogP contribution in [0.15, 0.2) is 11.4 Å². The molecule has 0 aliphatic rings. The van der Waals surface area contributed by atoms with E-state index in [2.05, 4.69) is 15.1 Å². The van der Waals surface area contributed by atoms with Crippen LogP contribution in [0, 0.1) is 13.8 Å². The number of nitrogens with two attached hydrogens (primary N) is 1. The lowest BCUT2D eigenvalue weighted by Crippen LogP contribution is -2.34. The van der Waals surface area contributed by atoms with E-state index in [0.29, 0.717) is 6.42 Å². The van der Waals surface area contributed by atoms with Gasteiger partial charge >= 0.3 is 0 Å². The van der Waals surface area contributed by atoms with Crippen molar-refractivity contribution in [3.05, 3.63) is 17.6 Å². The van der Waals surface area contributed by atoms with Gasteiger partial charge in [0.2, 0.25) is 0 Å². The summed E-state index contributed by atoms with van der Waals surface area (Å²) in [6.45, 7) is 5.80. The summed E-state index contributed by atoms with van der Waals surface area (Å²) in [7, 11) is 1.92. The van der Waals surface area contributed by atoms with E-state index in [0.717, 1.165) is 17.2 Å². The van der Waals surface area contributed by atoms with Gasteiger partial charge in [-0.3, -0.25) is 4.98 Å². The fourth-order valence-electron chi connectivity index (χ4n) is 1.55. The summed E-state index contributed by atoms with van der Waals surface area (Å²) in [6, 6.07) is 0.0840. The maximum Gasteiger partial charge on any atom is 0.150 e. The Morgan fingerprint density at radius 1 is 1.59 bits per heavy atom. The molecular formula is C11H19N5O. The molecule has 1 unspecified atom stereocenters. The zero-order chi connectivity index (χ0) is 13.0. The third-order valence-corrected chi connectivity index (χ3v) is 2.68. The third-order valence-electron chi connectivity index (χ3n) is 2.68. The summed E-state index contributed by atoms with van der Waals surface area (Å²) in [6.07, 6.45) is 2.21. The number of nitrogens with zero attached hydrogens (tertiary/aromatic N) is 4. The van der Waals surface area contributed by atoms with E-state index in [-0.39, 0.29) is 11.9 Å². The number of rotatable bonds is 4. The topological polar surface area (TPSA) is 87.6 Å². The minimum absolute atomic E-state index is 0.0840. The van der Waals surface area contributed by atoms with Crippen molar-refractivity contribution in [2.45, 2.75) is 33.2 Å². The lowest BCUT2D eigenvalue weighted by molar-refractivity contribution is 0.316. The predicted octanol–water partition coefficient (Wildman–Crippen LogP) is 1.05. The lowest BCUT2D eigenvalue weighted by Gasteiger charge is -2.26. The van der Waals surface area contributed by atoms with Crippen LogP contribution < -0.4 is 10.6 Å². The van der Waals surface area contributed by atoms with Crippen LogP contribution in [0.2, 0.25) is 0 Å². The van der Waals surface area contributed by atoms with Gasteiger partial charge in [-0.25, -0.2) is 4.98 Å². The highest BCUT2D eigenvalue weighted by molar-refractivity contribution is 5.80. The number of aryl methyl sites for hydroxylation is 2. The number of amidine groups is 1. The minimum Gasteiger partial charge on any atom is -0.409 e. The van der Waals surface area contributed by atoms with Gasteiger partial charge in [0.05, 0.1) is 11.4 Å². The van der Waals surface area contributed by atoms with Crippen molar-refractivity contribution < 1.29 is 5.21 Å². The molecule has 0 saturated heterocycles. The largest absolute Gasteiger partial charge is 0.409 e. The van der Waals surface area contributed by atoms with E-state index >= 15 is 0 Å². The van der Waals surface area contributed by atoms with Gasteiger partial charge in [-0.05, 0) is 20.8 Å². The van der Waals surface area contributed by atoms with Crippen LogP contribution in [0.4, 0.5) is 5.82 Å². The molecule has 0 bridgehead atoms. The van der Waals surface area contributed by atoms with E-state index in [9.17, 15) is 0 Å². The smallest absolute Gasteiger partial charge is 0.150 e. The molecule has 1 aromatic heterocycles. The molecule has 1 heterocycles. The first-order valence-corrected chi connectivity index (χ1v) is 5.45. The predicted molar refractivity (Wildman–Crippen MR) is 67.4 cm³/mol. The summed E-state index contributed by atoms with van der Waals surface area (Å²) in [5.41, 5.74) is 7.23. The molecule has 1 atom stereocenters. The van der Waals surface area contributed by atoms with Gasteiger partial charge in [0.1, 0.15) is 11.7 Å². The van der Waals surface area contributed by atoms with Crippen molar-refractivity contribution in [1.82, 2.24) is 9.97 Å². The third kappa shape index (κ3) is 3.30. The first-order chi connectivity index (χ1) is 7.95. The van der Waals surface area contributed by atoms with Crippen molar-refractivity contribution in [3.8, 4) is 0 Å². The summed E-state index contributed by atoms with van der Waals surface area (Å²) >= 11 is 0. The molecular weight excluding hydrogens is 218 g/mol. The van der Waals surface area contributed by atoms with Crippen molar-refractivity contribution in [3.63, 3.8) is 0 Å². The molecule has 1 rings (SSSR count). The molecule has 0 aliphatic carbocycles. The van der Waals surface area contributed by atoms with Crippen LogP contribution in [-0.4, -0.2) is 34.1 Å². The Hall–Kier alpha value is -1.85. The lowest BCUT2D eigenvalue weighted by atomic mass is 10.2. The molecule has 0 saturated carbocycles. The maximum atomic E-state index is 8.55. The quantitative estimate of drug-likeness (QED) is 0.354. The van der Waals surface area contributed by atoms with Gasteiger partial charge in [-0.2, -0.15) is 0 Å². The zero-order valence-electron chi connectivity index (χ0n) is 10.7. The molecule has 94 valence electrons. The van der Waals surface area contributed by atoms with E-state index in [1.807, 2.05) is 32.7 Å². The molecule has 0 aliphatic heterocycles. The van der Waals surface area contributed by atoms with E-state index in [1.165, 1.54) is 0 Å². The second-order valence-electron chi connectivity index (χ2n) is 4.18. The Morgan fingerprint density at radius 2 is 2.24 bits per heavy atom. The van der Waals surface area contributed by atoms with Gasteiger partial charge in [0.15, 0.2) is 0 Å². The fraction of sp³-hybridized carbons (Fsp3) is 0.545. The number of hydrogen-bond donors (Lipinski definition) is 2. The van der Waals surface area contributed by atoms with Crippen LogP contribution in [0.25, 0.3) is 0 Å². The van der Waals surface area contributed by atoms with Gasteiger partial charge in [-0.15, -0.1) is 0 Å². The molecule has 0 spiro atoms. The molecule has 6 nitrogen and oxygen atoms in total. The first kappa shape index (κ1) is 13.2. The number of aromatic nitrogens is 2. The Bertz CT molecular complexity index is 418. The Kier molecular flexibility index (Phi) is 4.25. The van der Waals surface area contributed by atoms with E-state index < -0.39 is 0 Å². The van der Waals surface area contributed by atoms with Gasteiger partial charge in [0, 0.05) is 25.7 Å². The van der Waals surface area contributed by atoms with E-state index in [1.54, 1.807) is 6.20 Å². The van der Waals surface area contributed by atoms with Gasteiger partial charge in [-0.1, -0.05) is 5.16 Å². The average molecular weight is 237 g/mol. The Labute approximate surface area is 101 Å². The molecule has 17 heavy (non-hydrogen) atoms. The van der Waals surface area contributed by atoms with E-state index in [4.69, 9.17) is 10.9 Å². The monoisotopic (exact) mass is 237 g/mol. The SMILES string of the molecule is Cc1cnc(C)c(N(C)C(C)CC(N)=NO)n1. The highest BCUT2D eigenvalue weighted by Gasteiger charge is 2.15. The molecule has 0 fully saturated rings. The molecule has 3 N–H and O–H groups in total. The van der Waals surface area contributed by atoms with Crippen LogP contribution in [-0.2, 0) is 0 Å². The number of oxime groups is 1. The van der Waals surface area contributed by atoms with Crippen LogP contribution in [0.5, 0.6) is 0 Å². The van der Waals surface area contributed by atoms with Crippen molar-refractivity contribution in [1.29, 1.82) is 0 Å². The highest BCUT2D eigenvalue weighted by Crippen LogP contribution is 2.17. The summed E-state index contributed by atoms with van der Waals surface area (Å²) < 4.78 is 0. The molecule has 6 heteroatoms. The summed E-state index contributed by atoms with van der Waals surface area (Å²) in [5.74, 6) is 1.03. The van der Waals surface area contributed by atoms with Crippen LogP contribution in [0.1, 0.15) is 24.7 Å². The molecule has 0 aromatic carbocycles. The van der Waals surface area contributed by atoms with Gasteiger partial charge in [0.25, 0.3) is 0 Å². The second kappa shape index (κ2) is 5.47. The first-order valence-electron chi connectivity index (χ1n) is 5.45.